The molecule has 0 amide bonds. The molecule has 0 N–H and O–H groups in total. The summed E-state index contributed by atoms with van der Waals surface area (Å²) in [6.45, 7) is 16.9. The lowest BCUT2D eigenvalue weighted by molar-refractivity contribution is 1.13. The van der Waals surface area contributed by atoms with Crippen LogP contribution in [-0.2, 0) is 0 Å². The first-order chi connectivity index (χ1) is 27.3. The van der Waals surface area contributed by atoms with Crippen molar-refractivity contribution in [2.75, 3.05) is 0 Å². The molecule has 0 atom stereocenters. The summed E-state index contributed by atoms with van der Waals surface area (Å²) < 4.78 is 6.87. The van der Waals surface area contributed by atoms with Gasteiger partial charge in [-0.05, 0) is 59.0 Å². The second-order valence-electron chi connectivity index (χ2n) is 13.8. The van der Waals surface area contributed by atoms with E-state index in [-0.39, 0.29) is 0 Å². The Labute approximate surface area is 316 Å². The Morgan fingerprint density at radius 2 is 0.727 bits per heavy atom. The molecular weight excluding hydrogens is 671 g/mol. The Morgan fingerprint density at radius 1 is 0.309 bits per heavy atom. The Balaban J connectivity index is 1.24. The van der Waals surface area contributed by atoms with E-state index in [0.717, 1.165) is 82.8 Å². The second-order valence-corrected chi connectivity index (χ2v) is 13.8. The summed E-state index contributed by atoms with van der Waals surface area (Å²) in [7, 11) is 0. The van der Waals surface area contributed by atoms with Crippen molar-refractivity contribution in [3.05, 3.63) is 199 Å². The molecule has 0 aliphatic carbocycles. The molecule has 0 unspecified atom stereocenters. The molecular formula is C50H29N5. The monoisotopic (exact) mass is 699 g/mol. The first kappa shape index (κ1) is 30.7. The van der Waals surface area contributed by atoms with Gasteiger partial charge in [-0.3, -0.25) is 0 Å². The number of benzene rings is 8. The summed E-state index contributed by atoms with van der Waals surface area (Å²) in [4.78, 5) is 8.32. The maximum atomic E-state index is 8.83. The molecule has 0 radical (unpaired) electrons. The Kier molecular flexibility index (Phi) is 6.61. The van der Waals surface area contributed by atoms with Crippen LogP contribution < -0.4 is 0 Å². The second kappa shape index (κ2) is 11.8. The minimum atomic E-state index is 0.556. The van der Waals surface area contributed by atoms with Gasteiger partial charge in [0.1, 0.15) is 0 Å². The van der Waals surface area contributed by atoms with Crippen LogP contribution in [0.1, 0.15) is 0 Å². The van der Waals surface area contributed by atoms with E-state index in [1.165, 1.54) is 10.8 Å². The fourth-order valence-electron chi connectivity index (χ4n) is 8.90. The molecule has 11 rings (SSSR count). The third-order valence-corrected chi connectivity index (χ3v) is 11.1. The molecule has 0 saturated carbocycles. The zero-order valence-corrected chi connectivity index (χ0v) is 29.5. The van der Waals surface area contributed by atoms with Crippen LogP contribution in [0.2, 0.25) is 0 Å². The van der Waals surface area contributed by atoms with Crippen molar-refractivity contribution in [1.29, 1.82) is 0 Å². The van der Waals surface area contributed by atoms with E-state index < -0.39 is 0 Å². The summed E-state index contributed by atoms with van der Waals surface area (Å²) in [6.07, 6.45) is 0. The Hall–Kier alpha value is -7.86. The summed E-state index contributed by atoms with van der Waals surface area (Å²) in [5.41, 5.74) is 11.9. The van der Waals surface area contributed by atoms with E-state index in [1.807, 2.05) is 36.4 Å². The van der Waals surface area contributed by atoms with Crippen molar-refractivity contribution in [1.82, 2.24) is 13.7 Å². The molecule has 3 heterocycles. The van der Waals surface area contributed by atoms with Crippen LogP contribution in [0.3, 0.4) is 0 Å². The lowest BCUT2D eigenvalue weighted by Gasteiger charge is -2.19. The first-order valence-corrected chi connectivity index (χ1v) is 18.3. The highest BCUT2D eigenvalue weighted by atomic mass is 15.1. The molecule has 8 aromatic carbocycles. The summed E-state index contributed by atoms with van der Waals surface area (Å²) in [5, 5.41) is 6.75. The maximum absolute atomic E-state index is 8.83. The third-order valence-electron chi connectivity index (χ3n) is 11.1. The van der Waals surface area contributed by atoms with Crippen molar-refractivity contribution >= 4 is 76.8 Å². The first-order valence-electron chi connectivity index (χ1n) is 18.3. The highest BCUT2D eigenvalue weighted by molar-refractivity contribution is 6.16. The molecule has 5 heteroatoms. The van der Waals surface area contributed by atoms with E-state index in [0.29, 0.717) is 11.4 Å². The summed E-state index contributed by atoms with van der Waals surface area (Å²) >= 11 is 0. The van der Waals surface area contributed by atoms with Crippen molar-refractivity contribution in [3.8, 4) is 28.2 Å². The smallest absolute Gasteiger partial charge is 0.218 e. The number of rotatable bonds is 4. The van der Waals surface area contributed by atoms with E-state index in [1.54, 1.807) is 0 Å². The number of nitrogens with zero attached hydrogens (tertiary/aromatic N) is 5. The van der Waals surface area contributed by atoms with Crippen molar-refractivity contribution in [2.24, 2.45) is 0 Å². The van der Waals surface area contributed by atoms with Crippen LogP contribution in [0.15, 0.2) is 176 Å². The molecule has 0 saturated heterocycles. The van der Waals surface area contributed by atoms with Crippen LogP contribution in [0.25, 0.3) is 103 Å². The van der Waals surface area contributed by atoms with E-state index in [4.69, 9.17) is 13.1 Å². The standard InChI is InChI=1S/C50H29N5/c1-51-40-24-13-22-38-35-19-6-11-28-44(35)54(49(38)40)43-27-10-5-18-34(43)37-21-14-30-46(48(37)52-2)55-45-29-12-7-20-36(45)39-23-15-31-47(50(39)55)53-41-25-8-3-16-32(41)33-17-4-9-26-42(33)53/h3-31H. The minimum Gasteiger partial charge on any atom is -0.318 e. The number of aromatic nitrogens is 3. The molecule has 11 aromatic rings. The maximum Gasteiger partial charge on any atom is 0.218 e. The quantitative estimate of drug-likeness (QED) is 0.163. The average molecular weight is 700 g/mol. The zero-order valence-electron chi connectivity index (χ0n) is 29.5. The van der Waals surface area contributed by atoms with Crippen molar-refractivity contribution in [3.63, 3.8) is 0 Å². The van der Waals surface area contributed by atoms with Gasteiger partial charge in [-0.15, -0.1) is 0 Å². The van der Waals surface area contributed by atoms with E-state index in [9.17, 15) is 0 Å². The SMILES string of the molecule is [C-]#[N+]c1c(-c2ccccc2-n2c3ccccc3c3cccc([N+]#[C-])c32)cccc1-n1c2ccccc2c2cccc(-n3c4ccccc4c4ccccc43)c21. The van der Waals surface area contributed by atoms with Crippen molar-refractivity contribution in [2.45, 2.75) is 0 Å². The highest BCUT2D eigenvalue weighted by Crippen LogP contribution is 2.46. The molecule has 0 fully saturated rings. The van der Waals surface area contributed by atoms with Gasteiger partial charge in [0.25, 0.3) is 0 Å². The number of hydrogen-bond acceptors (Lipinski definition) is 0. The van der Waals surface area contributed by atoms with Crippen molar-refractivity contribution < 1.29 is 0 Å². The van der Waals surface area contributed by atoms with E-state index in [2.05, 4.69) is 163 Å². The topological polar surface area (TPSA) is 23.5 Å². The van der Waals surface area contributed by atoms with Gasteiger partial charge < -0.3 is 13.7 Å². The highest BCUT2D eigenvalue weighted by Gasteiger charge is 2.24. The molecule has 0 bridgehead atoms. The number of hydrogen-bond donors (Lipinski definition) is 0. The lowest BCUT2D eigenvalue weighted by atomic mass is 10.00. The van der Waals surface area contributed by atoms with Gasteiger partial charge in [0, 0.05) is 26.9 Å². The Bertz CT molecular complexity index is 3420. The largest absolute Gasteiger partial charge is 0.318 e. The predicted molar refractivity (Wildman–Crippen MR) is 227 cm³/mol. The number of fused-ring (bicyclic) bond motifs is 9. The van der Waals surface area contributed by atoms with Gasteiger partial charge in [-0.25, -0.2) is 9.69 Å². The molecule has 3 aromatic heterocycles. The Morgan fingerprint density at radius 3 is 1.35 bits per heavy atom. The van der Waals surface area contributed by atoms with Gasteiger partial charge in [-0.1, -0.05) is 133 Å². The van der Waals surface area contributed by atoms with Gasteiger partial charge in [0.2, 0.25) is 11.4 Å². The normalized spacial score (nSPS) is 11.6. The summed E-state index contributed by atoms with van der Waals surface area (Å²) in [6, 6.07) is 60.9. The zero-order chi connectivity index (χ0) is 36.6. The van der Waals surface area contributed by atoms with Crippen LogP contribution >= 0.6 is 0 Å². The molecule has 0 spiro atoms. The summed E-state index contributed by atoms with van der Waals surface area (Å²) in [5.74, 6) is 0. The average Bonchev–Trinajstić information content (AvgIpc) is 3.89. The fraction of sp³-hybridized carbons (Fsp3) is 0. The van der Waals surface area contributed by atoms with Crippen LogP contribution in [0.5, 0.6) is 0 Å². The van der Waals surface area contributed by atoms with Gasteiger partial charge in [-0.2, -0.15) is 0 Å². The van der Waals surface area contributed by atoms with E-state index >= 15 is 0 Å². The van der Waals surface area contributed by atoms with Gasteiger partial charge >= 0.3 is 0 Å². The van der Waals surface area contributed by atoms with Crippen LogP contribution in [0.4, 0.5) is 11.4 Å². The van der Waals surface area contributed by atoms with Crippen LogP contribution in [-0.4, -0.2) is 13.7 Å². The molecule has 0 aliphatic heterocycles. The van der Waals surface area contributed by atoms with Gasteiger partial charge in [0.05, 0.1) is 63.3 Å². The van der Waals surface area contributed by atoms with Crippen LogP contribution in [0, 0.1) is 13.1 Å². The lowest BCUT2D eigenvalue weighted by Crippen LogP contribution is -2.02. The minimum absolute atomic E-state index is 0.556. The third kappa shape index (κ3) is 4.27. The fourth-order valence-corrected chi connectivity index (χ4v) is 8.90. The molecule has 0 aliphatic rings. The number of para-hydroxylation sites is 8. The molecule has 55 heavy (non-hydrogen) atoms. The molecule has 5 nitrogen and oxygen atoms in total. The van der Waals surface area contributed by atoms with Gasteiger partial charge in [0.15, 0.2) is 0 Å². The predicted octanol–water partition coefficient (Wildman–Crippen LogP) is 13.7. The molecule has 254 valence electrons.